The van der Waals surface area contributed by atoms with E-state index in [0.29, 0.717) is 17.7 Å². The number of morpholine rings is 1. The average molecular weight is 340 g/mol. The van der Waals surface area contributed by atoms with Crippen LogP contribution in [0.1, 0.15) is 24.8 Å². The second kappa shape index (κ2) is 5.61. The molecule has 1 aromatic rings. The Balaban J connectivity index is 1.88. The normalized spacial score (nSPS) is 26.6. The average Bonchev–Trinajstić information content (AvgIpc) is 2.94. The minimum absolute atomic E-state index is 0.115. The van der Waals surface area contributed by atoms with Crippen molar-refractivity contribution < 1.29 is 9.94 Å². The van der Waals surface area contributed by atoms with Crippen molar-refractivity contribution in [3.05, 3.63) is 28.2 Å². The molecule has 1 saturated carbocycles. The highest BCUT2D eigenvalue weighted by atomic mass is 79.9. The molecule has 2 aliphatic rings. The molecule has 1 aliphatic heterocycles. The van der Waals surface area contributed by atoms with E-state index in [0.717, 1.165) is 29.7 Å². The topological polar surface area (TPSA) is 71.1 Å². The Bertz CT molecular complexity index is 535. The molecule has 0 bridgehead atoms. The van der Waals surface area contributed by atoms with Crippen molar-refractivity contribution >= 4 is 27.5 Å². The second-order valence-electron chi connectivity index (χ2n) is 5.25. The third-order valence-electron chi connectivity index (χ3n) is 4.15. The Morgan fingerprint density at radius 1 is 1.45 bits per heavy atom. The molecule has 0 radical (unpaired) electrons. The zero-order chi connectivity index (χ0) is 14.1. The summed E-state index contributed by atoms with van der Waals surface area (Å²) in [7, 11) is 0. The summed E-state index contributed by atoms with van der Waals surface area (Å²) in [6.07, 6.45) is 3.94. The molecule has 108 valence electrons. The molecule has 2 unspecified atom stereocenters. The number of halogens is 1. The van der Waals surface area contributed by atoms with Gasteiger partial charge in [0.1, 0.15) is 0 Å². The number of fused-ring (bicyclic) bond motifs is 1. The van der Waals surface area contributed by atoms with Gasteiger partial charge in [-0.15, -0.1) is 0 Å². The van der Waals surface area contributed by atoms with Crippen LogP contribution in [0, 0.1) is 0 Å². The summed E-state index contributed by atoms with van der Waals surface area (Å²) in [4.78, 5) is 2.42. The van der Waals surface area contributed by atoms with E-state index in [-0.39, 0.29) is 5.84 Å². The lowest BCUT2D eigenvalue weighted by Crippen LogP contribution is -2.48. The van der Waals surface area contributed by atoms with Crippen molar-refractivity contribution in [1.29, 1.82) is 0 Å². The van der Waals surface area contributed by atoms with Gasteiger partial charge in [0.25, 0.3) is 0 Å². The maximum Gasteiger partial charge on any atom is 0.171 e. The van der Waals surface area contributed by atoms with E-state index in [4.69, 9.17) is 15.7 Å². The molecular formula is C14H18BrN3O2. The highest BCUT2D eigenvalue weighted by molar-refractivity contribution is 9.10. The van der Waals surface area contributed by atoms with Crippen molar-refractivity contribution in [1.82, 2.24) is 0 Å². The number of rotatable bonds is 2. The molecule has 2 atom stereocenters. The fourth-order valence-electron chi connectivity index (χ4n) is 3.19. The summed E-state index contributed by atoms with van der Waals surface area (Å²) in [5.41, 5.74) is 7.51. The van der Waals surface area contributed by atoms with Crippen LogP contribution in [0.2, 0.25) is 0 Å². The number of amidine groups is 1. The number of hydrogen-bond acceptors (Lipinski definition) is 4. The third-order valence-corrected chi connectivity index (χ3v) is 4.81. The number of nitrogens with zero attached hydrogens (tertiary/aromatic N) is 2. The first-order valence-electron chi connectivity index (χ1n) is 6.86. The predicted octanol–water partition coefficient (Wildman–Crippen LogP) is 2.30. The maximum absolute atomic E-state index is 8.77. The molecule has 5 nitrogen and oxygen atoms in total. The van der Waals surface area contributed by atoms with Gasteiger partial charge in [-0.05, 0) is 53.4 Å². The first-order valence-corrected chi connectivity index (χ1v) is 7.65. The predicted molar refractivity (Wildman–Crippen MR) is 81.4 cm³/mol. The molecule has 1 aliphatic carbocycles. The Morgan fingerprint density at radius 3 is 3.05 bits per heavy atom. The quantitative estimate of drug-likeness (QED) is 0.375. The van der Waals surface area contributed by atoms with Gasteiger partial charge in [0, 0.05) is 22.3 Å². The first-order chi connectivity index (χ1) is 9.70. The van der Waals surface area contributed by atoms with Gasteiger partial charge in [0.2, 0.25) is 0 Å². The Labute approximate surface area is 126 Å². The molecule has 1 heterocycles. The van der Waals surface area contributed by atoms with E-state index in [1.54, 1.807) is 0 Å². The monoisotopic (exact) mass is 339 g/mol. The molecule has 2 fully saturated rings. The van der Waals surface area contributed by atoms with Gasteiger partial charge < -0.3 is 20.6 Å². The lowest BCUT2D eigenvalue weighted by Gasteiger charge is -2.39. The highest BCUT2D eigenvalue weighted by Crippen LogP contribution is 2.34. The summed E-state index contributed by atoms with van der Waals surface area (Å²) in [6.45, 7) is 1.69. The van der Waals surface area contributed by atoms with Gasteiger partial charge >= 0.3 is 0 Å². The van der Waals surface area contributed by atoms with E-state index in [9.17, 15) is 0 Å². The van der Waals surface area contributed by atoms with Crippen LogP contribution in [0.5, 0.6) is 0 Å². The van der Waals surface area contributed by atoms with Gasteiger partial charge in [0.05, 0.1) is 18.8 Å². The third kappa shape index (κ3) is 2.38. The molecule has 3 rings (SSSR count). The largest absolute Gasteiger partial charge is 0.409 e. The summed E-state index contributed by atoms with van der Waals surface area (Å²) < 4.78 is 6.68. The minimum atomic E-state index is 0.115. The van der Waals surface area contributed by atoms with Gasteiger partial charge in [-0.25, -0.2) is 0 Å². The van der Waals surface area contributed by atoms with Crippen LogP contribution in [0.15, 0.2) is 27.8 Å². The van der Waals surface area contributed by atoms with E-state index < -0.39 is 0 Å². The van der Waals surface area contributed by atoms with Crippen LogP contribution < -0.4 is 10.6 Å². The number of oxime groups is 1. The van der Waals surface area contributed by atoms with Crippen LogP contribution in [0.3, 0.4) is 0 Å². The molecule has 1 saturated heterocycles. The van der Waals surface area contributed by atoms with E-state index >= 15 is 0 Å². The smallest absolute Gasteiger partial charge is 0.171 e. The lowest BCUT2D eigenvalue weighted by molar-refractivity contribution is 0.0256. The summed E-state index contributed by atoms with van der Waals surface area (Å²) in [5.74, 6) is 0.115. The van der Waals surface area contributed by atoms with Crippen molar-refractivity contribution in [2.75, 3.05) is 18.1 Å². The summed E-state index contributed by atoms with van der Waals surface area (Å²) in [5, 5.41) is 11.8. The van der Waals surface area contributed by atoms with Crippen molar-refractivity contribution in [2.24, 2.45) is 10.9 Å². The van der Waals surface area contributed by atoms with E-state index in [1.165, 1.54) is 12.8 Å². The van der Waals surface area contributed by atoms with Crippen molar-refractivity contribution in [3.63, 3.8) is 0 Å². The Kier molecular flexibility index (Phi) is 3.85. The zero-order valence-electron chi connectivity index (χ0n) is 11.1. The van der Waals surface area contributed by atoms with Gasteiger partial charge in [0.15, 0.2) is 5.84 Å². The SMILES string of the molecule is N/C(=N/O)c1ccc(N2CCOC3CCCC32)cc1Br. The number of ether oxygens (including phenoxy) is 1. The van der Waals surface area contributed by atoms with Crippen LogP contribution in [0.25, 0.3) is 0 Å². The lowest BCUT2D eigenvalue weighted by atomic mass is 10.1. The first kappa shape index (κ1) is 13.7. The summed E-state index contributed by atoms with van der Waals surface area (Å²) >= 11 is 3.50. The fourth-order valence-corrected chi connectivity index (χ4v) is 3.76. The van der Waals surface area contributed by atoms with Gasteiger partial charge in [-0.3, -0.25) is 0 Å². The number of anilines is 1. The number of hydrogen-bond donors (Lipinski definition) is 2. The molecular weight excluding hydrogens is 322 g/mol. The molecule has 20 heavy (non-hydrogen) atoms. The fraction of sp³-hybridized carbons (Fsp3) is 0.500. The Morgan fingerprint density at radius 2 is 2.30 bits per heavy atom. The molecule has 3 N–H and O–H groups in total. The van der Waals surface area contributed by atoms with Gasteiger partial charge in [-0.1, -0.05) is 5.16 Å². The standard InChI is InChI=1S/C14H18BrN3O2/c15-11-8-9(4-5-10(11)14(16)17-19)18-6-7-20-13-3-1-2-12(13)18/h4-5,8,12-13,19H,1-3,6-7H2,(H2,16,17). The molecule has 0 aromatic heterocycles. The van der Waals surface area contributed by atoms with Crippen LogP contribution in [0.4, 0.5) is 5.69 Å². The van der Waals surface area contributed by atoms with Crippen molar-refractivity contribution in [2.45, 2.75) is 31.4 Å². The van der Waals surface area contributed by atoms with Crippen LogP contribution >= 0.6 is 15.9 Å². The molecule has 0 amide bonds. The molecule has 1 aromatic carbocycles. The van der Waals surface area contributed by atoms with Crippen LogP contribution in [-0.2, 0) is 4.74 Å². The summed E-state index contributed by atoms with van der Waals surface area (Å²) in [6, 6.07) is 6.42. The van der Waals surface area contributed by atoms with E-state index in [1.807, 2.05) is 18.2 Å². The van der Waals surface area contributed by atoms with E-state index in [2.05, 4.69) is 26.0 Å². The zero-order valence-corrected chi connectivity index (χ0v) is 12.7. The Hall–Kier alpha value is -1.27. The van der Waals surface area contributed by atoms with Crippen molar-refractivity contribution in [3.8, 4) is 0 Å². The molecule has 6 heteroatoms. The highest BCUT2D eigenvalue weighted by Gasteiger charge is 2.36. The number of benzene rings is 1. The van der Waals surface area contributed by atoms with Gasteiger partial charge in [-0.2, -0.15) is 0 Å². The second-order valence-corrected chi connectivity index (χ2v) is 6.10. The van der Waals surface area contributed by atoms with Crippen LogP contribution in [-0.4, -0.2) is 36.3 Å². The molecule has 0 spiro atoms. The maximum atomic E-state index is 8.77. The number of nitrogens with two attached hydrogens (primary N) is 1. The minimum Gasteiger partial charge on any atom is -0.409 e.